The van der Waals surface area contributed by atoms with Crippen LogP contribution in [0.3, 0.4) is 0 Å². The number of esters is 1. The zero-order valence-electron chi connectivity index (χ0n) is 15.0. The predicted molar refractivity (Wildman–Crippen MR) is 104 cm³/mol. The van der Waals surface area contributed by atoms with E-state index in [2.05, 4.69) is 5.32 Å². The maximum absolute atomic E-state index is 13.5. The van der Waals surface area contributed by atoms with Crippen molar-refractivity contribution < 1.29 is 23.5 Å². The molecular formula is C20H19FN2O4S. The second-order valence-corrected chi connectivity index (χ2v) is 7.11. The number of halogens is 1. The summed E-state index contributed by atoms with van der Waals surface area (Å²) in [4.78, 5) is 38.3. The number of carbonyl (C=O) groups is 3. The largest absolute Gasteiger partial charge is 0.454 e. The molecule has 0 spiro atoms. The number of hydrogen-bond donors (Lipinski definition) is 1. The van der Waals surface area contributed by atoms with Gasteiger partial charge in [0.25, 0.3) is 5.91 Å². The molecule has 0 saturated heterocycles. The summed E-state index contributed by atoms with van der Waals surface area (Å²) in [6, 6.07) is 13.6. The third-order valence-electron chi connectivity index (χ3n) is 4.13. The van der Waals surface area contributed by atoms with Crippen LogP contribution < -0.4 is 10.2 Å². The van der Waals surface area contributed by atoms with Crippen molar-refractivity contribution >= 4 is 35.2 Å². The molecule has 146 valence electrons. The quantitative estimate of drug-likeness (QED) is 0.719. The molecule has 2 aromatic carbocycles. The van der Waals surface area contributed by atoms with Gasteiger partial charge in [-0.3, -0.25) is 19.3 Å². The lowest BCUT2D eigenvalue weighted by atomic mass is 10.1. The molecule has 0 bridgehead atoms. The summed E-state index contributed by atoms with van der Waals surface area (Å²) in [5, 5.41) is 2.58. The molecule has 0 unspecified atom stereocenters. The fourth-order valence-electron chi connectivity index (χ4n) is 2.74. The fraction of sp³-hybridized carbons (Fsp3) is 0.250. The van der Waals surface area contributed by atoms with Crippen LogP contribution in [0.25, 0.3) is 0 Å². The van der Waals surface area contributed by atoms with Crippen LogP contribution in [0.4, 0.5) is 10.1 Å². The third kappa shape index (κ3) is 5.10. The van der Waals surface area contributed by atoms with Crippen LogP contribution in [-0.4, -0.2) is 43.2 Å². The van der Waals surface area contributed by atoms with Crippen molar-refractivity contribution in [1.29, 1.82) is 0 Å². The summed E-state index contributed by atoms with van der Waals surface area (Å²) in [6.45, 7) is -0.472. The Morgan fingerprint density at radius 1 is 1.14 bits per heavy atom. The molecule has 2 amide bonds. The van der Waals surface area contributed by atoms with Crippen LogP contribution in [0.1, 0.15) is 5.56 Å². The maximum Gasteiger partial charge on any atom is 0.326 e. The minimum Gasteiger partial charge on any atom is -0.454 e. The molecule has 1 aliphatic heterocycles. The molecule has 28 heavy (non-hydrogen) atoms. The number of thioether (sulfide) groups is 1. The van der Waals surface area contributed by atoms with Crippen LogP contribution in [0.5, 0.6) is 0 Å². The summed E-state index contributed by atoms with van der Waals surface area (Å²) in [7, 11) is 0. The number of rotatable bonds is 7. The number of carbonyl (C=O) groups excluding carboxylic acids is 3. The van der Waals surface area contributed by atoms with Crippen molar-refractivity contribution in [3.8, 4) is 0 Å². The summed E-state index contributed by atoms with van der Waals surface area (Å²) < 4.78 is 18.5. The van der Waals surface area contributed by atoms with E-state index >= 15 is 0 Å². The monoisotopic (exact) mass is 402 g/mol. The molecular weight excluding hydrogens is 383 g/mol. The number of amides is 2. The van der Waals surface area contributed by atoms with Gasteiger partial charge in [0, 0.05) is 11.4 Å². The molecule has 6 nitrogen and oxygen atoms in total. The van der Waals surface area contributed by atoms with Gasteiger partial charge >= 0.3 is 5.97 Å². The maximum atomic E-state index is 13.5. The predicted octanol–water partition coefficient (Wildman–Crippen LogP) is 2.17. The van der Waals surface area contributed by atoms with Gasteiger partial charge in [-0.1, -0.05) is 30.3 Å². The molecule has 0 aromatic heterocycles. The normalized spacial score (nSPS) is 13.0. The molecule has 2 aromatic rings. The molecule has 0 fully saturated rings. The Kier molecular flexibility index (Phi) is 6.65. The van der Waals surface area contributed by atoms with Gasteiger partial charge in [-0.05, 0) is 30.2 Å². The van der Waals surface area contributed by atoms with E-state index in [1.165, 1.54) is 22.7 Å². The SMILES string of the molecule is O=C(COC(=O)CN1C(=O)CSc2ccccc21)NCCc1ccccc1F. The lowest BCUT2D eigenvalue weighted by Crippen LogP contribution is -2.40. The van der Waals surface area contributed by atoms with Crippen LogP contribution in [0, 0.1) is 5.82 Å². The van der Waals surface area contributed by atoms with E-state index in [0.717, 1.165) is 4.90 Å². The second kappa shape index (κ2) is 9.36. The van der Waals surface area contributed by atoms with Crippen molar-refractivity contribution in [2.45, 2.75) is 11.3 Å². The van der Waals surface area contributed by atoms with E-state index in [1.807, 2.05) is 12.1 Å². The highest BCUT2D eigenvalue weighted by Crippen LogP contribution is 2.34. The first-order valence-electron chi connectivity index (χ1n) is 8.72. The Morgan fingerprint density at radius 2 is 1.89 bits per heavy atom. The van der Waals surface area contributed by atoms with Crippen molar-refractivity contribution in [2.24, 2.45) is 0 Å². The first-order valence-corrected chi connectivity index (χ1v) is 9.71. The number of nitrogens with one attached hydrogen (secondary N) is 1. The lowest BCUT2D eigenvalue weighted by Gasteiger charge is -2.27. The molecule has 0 aliphatic carbocycles. The summed E-state index contributed by atoms with van der Waals surface area (Å²) in [6.07, 6.45) is 0.336. The van der Waals surface area contributed by atoms with Gasteiger partial charge in [0.2, 0.25) is 5.91 Å². The number of hydrogen-bond acceptors (Lipinski definition) is 5. The summed E-state index contributed by atoms with van der Waals surface area (Å²) in [5.41, 5.74) is 1.16. The van der Waals surface area contributed by atoms with Gasteiger partial charge in [0.05, 0.1) is 11.4 Å². The number of fused-ring (bicyclic) bond motifs is 1. The highest BCUT2D eigenvalue weighted by Gasteiger charge is 2.26. The number of benzene rings is 2. The Balaban J connectivity index is 1.43. The average Bonchev–Trinajstić information content (AvgIpc) is 2.70. The number of nitrogens with zero attached hydrogens (tertiary/aromatic N) is 1. The lowest BCUT2D eigenvalue weighted by molar-refractivity contribution is -0.147. The van der Waals surface area contributed by atoms with Crippen LogP contribution in [0.2, 0.25) is 0 Å². The highest BCUT2D eigenvalue weighted by atomic mass is 32.2. The van der Waals surface area contributed by atoms with E-state index in [4.69, 9.17) is 4.74 Å². The summed E-state index contributed by atoms with van der Waals surface area (Å²) >= 11 is 1.42. The van der Waals surface area contributed by atoms with Gasteiger partial charge in [-0.15, -0.1) is 11.8 Å². The van der Waals surface area contributed by atoms with E-state index in [1.54, 1.807) is 30.3 Å². The topological polar surface area (TPSA) is 75.7 Å². The number of para-hydroxylation sites is 1. The smallest absolute Gasteiger partial charge is 0.326 e. The van der Waals surface area contributed by atoms with E-state index in [9.17, 15) is 18.8 Å². The van der Waals surface area contributed by atoms with E-state index in [0.29, 0.717) is 17.7 Å². The van der Waals surface area contributed by atoms with E-state index < -0.39 is 18.5 Å². The Bertz CT molecular complexity index is 890. The molecule has 1 N–H and O–H groups in total. The molecule has 0 saturated carbocycles. The highest BCUT2D eigenvalue weighted by molar-refractivity contribution is 8.00. The zero-order chi connectivity index (χ0) is 19.9. The number of ether oxygens (including phenoxy) is 1. The Labute approximate surface area is 166 Å². The van der Waals surface area contributed by atoms with E-state index in [-0.39, 0.29) is 30.6 Å². The molecule has 8 heteroatoms. The Hall–Kier alpha value is -2.87. The van der Waals surface area contributed by atoms with Gasteiger partial charge in [0.15, 0.2) is 6.61 Å². The second-order valence-electron chi connectivity index (χ2n) is 6.09. The first kappa shape index (κ1) is 19.9. The Morgan fingerprint density at radius 3 is 2.71 bits per heavy atom. The van der Waals surface area contributed by atoms with Crippen molar-refractivity contribution in [2.75, 3.05) is 30.3 Å². The molecule has 1 heterocycles. The van der Waals surface area contributed by atoms with Crippen LogP contribution in [-0.2, 0) is 25.5 Å². The third-order valence-corrected chi connectivity index (χ3v) is 5.18. The zero-order valence-corrected chi connectivity index (χ0v) is 15.8. The molecule has 3 rings (SSSR count). The van der Waals surface area contributed by atoms with Gasteiger partial charge < -0.3 is 10.1 Å². The fourth-order valence-corrected chi connectivity index (χ4v) is 3.67. The standard InChI is InChI=1S/C20H19FN2O4S/c21-15-6-2-1-5-14(15)9-10-22-18(24)12-27-20(26)11-23-16-7-3-4-8-17(16)28-13-19(23)25/h1-8H,9-13H2,(H,22,24). The average molecular weight is 402 g/mol. The molecule has 0 atom stereocenters. The summed E-state index contributed by atoms with van der Waals surface area (Å²) in [5.74, 6) is -1.41. The number of anilines is 1. The first-order chi connectivity index (χ1) is 13.5. The van der Waals surface area contributed by atoms with Gasteiger partial charge in [-0.25, -0.2) is 4.39 Å². The minimum atomic E-state index is -0.667. The van der Waals surface area contributed by atoms with Gasteiger partial charge in [0.1, 0.15) is 12.4 Å². The van der Waals surface area contributed by atoms with Crippen LogP contribution in [0.15, 0.2) is 53.4 Å². The molecule has 1 aliphatic rings. The molecule has 0 radical (unpaired) electrons. The van der Waals surface area contributed by atoms with Crippen molar-refractivity contribution in [3.05, 3.63) is 59.9 Å². The van der Waals surface area contributed by atoms with Crippen LogP contribution >= 0.6 is 11.8 Å². The van der Waals surface area contributed by atoms with Gasteiger partial charge in [-0.2, -0.15) is 0 Å². The van der Waals surface area contributed by atoms with Crippen molar-refractivity contribution in [1.82, 2.24) is 5.32 Å². The van der Waals surface area contributed by atoms with Crippen molar-refractivity contribution in [3.63, 3.8) is 0 Å². The minimum absolute atomic E-state index is 0.185.